The lowest BCUT2D eigenvalue weighted by Gasteiger charge is -2.13. The van der Waals surface area contributed by atoms with Gasteiger partial charge in [-0.1, -0.05) is 18.2 Å². The van der Waals surface area contributed by atoms with Crippen LogP contribution in [0.5, 0.6) is 0 Å². The van der Waals surface area contributed by atoms with E-state index >= 15 is 0 Å². The zero-order chi connectivity index (χ0) is 21.1. The highest BCUT2D eigenvalue weighted by atomic mass is 19.4. The van der Waals surface area contributed by atoms with Gasteiger partial charge in [-0.05, 0) is 34.8 Å². The molecule has 0 bridgehead atoms. The van der Waals surface area contributed by atoms with Gasteiger partial charge in [0, 0.05) is 37.7 Å². The van der Waals surface area contributed by atoms with Crippen molar-refractivity contribution in [3.8, 4) is 0 Å². The quantitative estimate of drug-likeness (QED) is 0.479. The normalized spacial score (nSPS) is 11.6. The smallest absolute Gasteiger partial charge is 0.366 e. The summed E-state index contributed by atoms with van der Waals surface area (Å²) in [6, 6.07) is 10.7. The second-order valence-electron chi connectivity index (χ2n) is 6.85. The van der Waals surface area contributed by atoms with Crippen molar-refractivity contribution >= 4 is 30.6 Å². The van der Waals surface area contributed by atoms with Crippen molar-refractivity contribution in [2.75, 3.05) is 10.6 Å². The molecule has 1 aromatic carbocycles. The van der Waals surface area contributed by atoms with Crippen LogP contribution >= 0.6 is 0 Å². The Morgan fingerprint density at radius 3 is 2.43 bits per heavy atom. The summed E-state index contributed by atoms with van der Waals surface area (Å²) >= 11 is 0. The third-order valence-corrected chi connectivity index (χ3v) is 4.60. The largest absolute Gasteiger partial charge is 0.416 e. The molecule has 4 aromatic rings. The van der Waals surface area contributed by atoms with Crippen molar-refractivity contribution < 1.29 is 13.2 Å². The van der Waals surface area contributed by atoms with Gasteiger partial charge in [-0.3, -0.25) is 4.98 Å². The van der Waals surface area contributed by atoms with E-state index < -0.39 is 11.7 Å². The molecule has 0 fully saturated rings. The van der Waals surface area contributed by atoms with Crippen LogP contribution in [0.3, 0.4) is 0 Å². The summed E-state index contributed by atoms with van der Waals surface area (Å²) in [5.74, 6) is 1.34. The molecule has 0 unspecified atom stereocenters. The monoisotopic (exact) mass is 410 g/mol. The highest BCUT2D eigenvalue weighted by Gasteiger charge is 2.29. The lowest BCUT2D eigenvalue weighted by Crippen LogP contribution is -2.11. The predicted molar refractivity (Wildman–Crippen MR) is 111 cm³/mol. The van der Waals surface area contributed by atoms with Crippen LogP contribution in [-0.4, -0.2) is 27.4 Å². The maximum Gasteiger partial charge on any atom is 0.416 e. The van der Waals surface area contributed by atoms with Gasteiger partial charge in [0.2, 0.25) is 0 Å². The highest BCUT2D eigenvalue weighted by Crippen LogP contribution is 2.29. The minimum Gasteiger partial charge on any atom is -0.366 e. The van der Waals surface area contributed by atoms with Gasteiger partial charge in [0.15, 0.2) is 5.65 Å². The van der Waals surface area contributed by atoms with Gasteiger partial charge in [0.1, 0.15) is 19.5 Å². The molecule has 3 heterocycles. The molecule has 0 aliphatic carbocycles. The van der Waals surface area contributed by atoms with Crippen LogP contribution in [0.4, 0.5) is 24.8 Å². The van der Waals surface area contributed by atoms with Crippen molar-refractivity contribution in [2.24, 2.45) is 0 Å². The lowest BCUT2D eigenvalue weighted by molar-refractivity contribution is -0.137. The minimum atomic E-state index is -4.34. The molecule has 0 amide bonds. The molecule has 0 aliphatic heterocycles. The van der Waals surface area contributed by atoms with Crippen molar-refractivity contribution in [1.82, 2.24) is 19.6 Å². The Balaban J connectivity index is 1.53. The van der Waals surface area contributed by atoms with Gasteiger partial charge >= 0.3 is 6.18 Å². The number of aromatic nitrogens is 4. The molecule has 10 heteroatoms. The van der Waals surface area contributed by atoms with Gasteiger partial charge in [-0.25, -0.2) is 4.98 Å². The molecule has 0 atom stereocenters. The summed E-state index contributed by atoms with van der Waals surface area (Å²) < 4.78 is 39.9. The van der Waals surface area contributed by atoms with E-state index in [1.54, 1.807) is 23.1 Å². The van der Waals surface area contributed by atoms with Crippen LogP contribution in [0.2, 0.25) is 0 Å². The van der Waals surface area contributed by atoms with Gasteiger partial charge in [0.25, 0.3) is 0 Å². The molecule has 0 spiro atoms. The molecule has 152 valence electrons. The summed E-state index contributed by atoms with van der Waals surface area (Å²) in [7, 11) is 1.92. The number of hydrogen-bond acceptors (Lipinski definition) is 5. The van der Waals surface area contributed by atoms with Crippen LogP contribution in [0.1, 0.15) is 16.7 Å². The van der Waals surface area contributed by atoms with E-state index in [2.05, 4.69) is 25.7 Å². The number of fused-ring (bicyclic) bond motifs is 1. The van der Waals surface area contributed by atoms with Crippen LogP contribution < -0.4 is 16.1 Å². The third-order valence-electron chi connectivity index (χ3n) is 4.60. The Morgan fingerprint density at radius 1 is 0.967 bits per heavy atom. The predicted octanol–water partition coefficient (Wildman–Crippen LogP) is 2.63. The topological polar surface area (TPSA) is 67.1 Å². The number of alkyl halides is 3. The molecular weight excluding hydrogens is 392 g/mol. The number of benzene rings is 1. The summed E-state index contributed by atoms with van der Waals surface area (Å²) in [4.78, 5) is 8.69. The number of pyridine rings is 1. The fourth-order valence-electron chi connectivity index (χ4n) is 2.99. The molecule has 6 nitrogen and oxygen atoms in total. The van der Waals surface area contributed by atoms with E-state index in [1.165, 1.54) is 12.1 Å². The Labute approximate surface area is 171 Å². The molecule has 4 rings (SSSR count). The van der Waals surface area contributed by atoms with Crippen LogP contribution in [0, 0.1) is 0 Å². The Morgan fingerprint density at radius 2 is 1.73 bits per heavy atom. The highest BCUT2D eigenvalue weighted by molar-refractivity contribution is 6.36. The minimum absolute atomic E-state index is 0.344. The van der Waals surface area contributed by atoms with Gasteiger partial charge in [-0.2, -0.15) is 22.8 Å². The number of hydrogen-bond donors (Lipinski definition) is 2. The average Bonchev–Trinajstić information content (AvgIpc) is 3.12. The van der Waals surface area contributed by atoms with Gasteiger partial charge in [-0.15, -0.1) is 0 Å². The van der Waals surface area contributed by atoms with Gasteiger partial charge in [0.05, 0.1) is 5.56 Å². The van der Waals surface area contributed by atoms with Gasteiger partial charge < -0.3 is 10.6 Å². The van der Waals surface area contributed by atoms with E-state index in [0.717, 1.165) is 34.5 Å². The molecule has 3 aromatic heterocycles. The fraction of sp³-hybridized carbons (Fsp3) is 0.150. The maximum atomic E-state index is 12.7. The van der Waals surface area contributed by atoms with Crippen molar-refractivity contribution in [2.45, 2.75) is 19.3 Å². The van der Waals surface area contributed by atoms with E-state index in [0.29, 0.717) is 24.6 Å². The molecule has 0 radical (unpaired) electrons. The zero-order valence-corrected chi connectivity index (χ0v) is 16.1. The van der Waals surface area contributed by atoms with Crippen LogP contribution in [-0.2, 0) is 19.3 Å². The number of nitrogens with zero attached hydrogens (tertiary/aromatic N) is 4. The number of halogens is 3. The number of rotatable bonds is 6. The molecule has 2 N–H and O–H groups in total. The summed E-state index contributed by atoms with van der Waals surface area (Å²) in [5.41, 5.74) is 2.69. The first kappa shape index (κ1) is 19.7. The second-order valence-corrected chi connectivity index (χ2v) is 6.85. The molecule has 30 heavy (non-hydrogen) atoms. The first-order valence-electron chi connectivity index (χ1n) is 9.28. The molecular formula is C20H18BF3N6. The van der Waals surface area contributed by atoms with E-state index in [4.69, 9.17) is 0 Å². The van der Waals surface area contributed by atoms with E-state index in [1.807, 2.05) is 26.0 Å². The standard InChI is InChI=1S/C20H18BF3N6/c21-16-12-28-30-18(27-11-14-2-1-7-25-9-14)8-17(29-19(16)30)26-10-13-3-5-15(6-4-13)20(22,23)24/h1-9,12,27H,10-11,21H2,(H,26,29). The van der Waals surface area contributed by atoms with Crippen molar-refractivity contribution in [3.63, 3.8) is 0 Å². The van der Waals surface area contributed by atoms with Crippen molar-refractivity contribution in [1.29, 1.82) is 0 Å². The summed E-state index contributed by atoms with van der Waals surface area (Å²) in [6.45, 7) is 0.904. The first-order chi connectivity index (χ1) is 14.4. The third kappa shape index (κ3) is 4.37. The zero-order valence-electron chi connectivity index (χ0n) is 16.1. The molecule has 0 saturated carbocycles. The Bertz CT molecular complexity index is 1140. The first-order valence-corrected chi connectivity index (χ1v) is 9.28. The fourth-order valence-corrected chi connectivity index (χ4v) is 2.99. The Kier molecular flexibility index (Phi) is 5.30. The van der Waals surface area contributed by atoms with E-state index in [-0.39, 0.29) is 0 Å². The number of anilines is 2. The maximum absolute atomic E-state index is 12.7. The van der Waals surface area contributed by atoms with Crippen LogP contribution in [0.25, 0.3) is 5.65 Å². The second kappa shape index (κ2) is 8.06. The lowest BCUT2D eigenvalue weighted by atomic mass is 10.0. The molecule has 0 aliphatic rings. The van der Waals surface area contributed by atoms with Crippen molar-refractivity contribution in [3.05, 3.63) is 77.7 Å². The molecule has 0 saturated heterocycles. The average molecular weight is 410 g/mol. The Hall–Kier alpha value is -3.56. The van der Waals surface area contributed by atoms with E-state index in [9.17, 15) is 13.2 Å². The van der Waals surface area contributed by atoms with Crippen LogP contribution in [0.15, 0.2) is 61.1 Å². The summed E-state index contributed by atoms with van der Waals surface area (Å²) in [6.07, 6.45) is 0.891. The SMILES string of the molecule is Bc1cnn2c(NCc3cccnc3)cc(NCc3ccc(C(F)(F)F)cc3)nc12. The summed E-state index contributed by atoms with van der Waals surface area (Å²) in [5, 5.41) is 10.9. The number of nitrogens with one attached hydrogen (secondary N) is 2.